The van der Waals surface area contributed by atoms with Gasteiger partial charge in [0.25, 0.3) is 5.91 Å². The number of hydrogen-bond acceptors (Lipinski definition) is 2. The van der Waals surface area contributed by atoms with Gasteiger partial charge < -0.3 is 9.64 Å². The van der Waals surface area contributed by atoms with Gasteiger partial charge >= 0.3 is 6.18 Å². The Labute approximate surface area is 134 Å². The summed E-state index contributed by atoms with van der Waals surface area (Å²) < 4.78 is 44.0. The lowest BCUT2D eigenvalue weighted by Gasteiger charge is -2.31. The van der Waals surface area contributed by atoms with Crippen LogP contribution in [0.25, 0.3) is 0 Å². The third-order valence-electron chi connectivity index (χ3n) is 3.53. The first-order valence-corrected chi connectivity index (χ1v) is 7.59. The van der Waals surface area contributed by atoms with E-state index in [4.69, 9.17) is 4.74 Å². The normalized spacial score (nSPS) is 17.1. The van der Waals surface area contributed by atoms with Crippen LogP contribution in [0.15, 0.2) is 18.2 Å². The number of hydrogen-bond donors (Lipinski definition) is 0. The molecule has 0 atom stereocenters. The number of benzene rings is 1. The van der Waals surface area contributed by atoms with Gasteiger partial charge in [-0.2, -0.15) is 13.2 Å². The number of ether oxygens (including phenoxy) is 1. The maximum absolute atomic E-state index is 12.8. The highest BCUT2D eigenvalue weighted by molar-refractivity contribution is 14.1. The fourth-order valence-corrected chi connectivity index (χ4v) is 3.02. The summed E-state index contributed by atoms with van der Waals surface area (Å²) in [5, 5.41) is 0. The maximum Gasteiger partial charge on any atom is 0.416 e. The molecular formula is C14H15F3INO2. The van der Waals surface area contributed by atoms with Crippen LogP contribution in [0.5, 0.6) is 0 Å². The van der Waals surface area contributed by atoms with E-state index in [9.17, 15) is 18.0 Å². The number of nitrogens with zero attached hydrogens (tertiary/aromatic N) is 1. The van der Waals surface area contributed by atoms with Crippen molar-refractivity contribution in [1.82, 2.24) is 4.90 Å². The van der Waals surface area contributed by atoms with Crippen molar-refractivity contribution in [2.45, 2.75) is 25.1 Å². The molecule has 0 aromatic heterocycles. The summed E-state index contributed by atoms with van der Waals surface area (Å²) in [7, 11) is 1.62. The zero-order valence-corrected chi connectivity index (χ0v) is 13.6. The van der Waals surface area contributed by atoms with Gasteiger partial charge in [-0.3, -0.25) is 4.79 Å². The quantitative estimate of drug-likeness (QED) is 0.695. The average Bonchev–Trinajstić information content (AvgIpc) is 2.45. The molecule has 7 heteroatoms. The molecule has 1 aliphatic heterocycles. The van der Waals surface area contributed by atoms with Gasteiger partial charge in [0, 0.05) is 29.3 Å². The summed E-state index contributed by atoms with van der Waals surface area (Å²) in [6, 6.07) is 3.45. The number of carbonyl (C=O) groups excluding carboxylic acids is 1. The van der Waals surface area contributed by atoms with Crippen molar-refractivity contribution in [2.24, 2.45) is 0 Å². The van der Waals surface area contributed by atoms with Gasteiger partial charge in [-0.25, -0.2) is 0 Å². The zero-order valence-electron chi connectivity index (χ0n) is 11.4. The van der Waals surface area contributed by atoms with Crippen LogP contribution < -0.4 is 0 Å². The second-order valence-electron chi connectivity index (χ2n) is 4.95. The number of rotatable bonds is 2. The van der Waals surface area contributed by atoms with Crippen LogP contribution in [0.4, 0.5) is 13.2 Å². The molecule has 21 heavy (non-hydrogen) atoms. The van der Waals surface area contributed by atoms with Crippen molar-refractivity contribution < 1.29 is 22.7 Å². The molecule has 0 radical (unpaired) electrons. The SMILES string of the molecule is COC1CCN(C(=O)c2cc(I)cc(C(F)(F)F)c2)CC1. The van der Waals surface area contributed by atoms with Crippen LogP contribution in [0.3, 0.4) is 0 Å². The molecule has 1 fully saturated rings. The Kier molecular flexibility index (Phi) is 5.13. The first-order chi connectivity index (χ1) is 9.81. The van der Waals surface area contributed by atoms with Gasteiger partial charge in [-0.15, -0.1) is 0 Å². The largest absolute Gasteiger partial charge is 0.416 e. The maximum atomic E-state index is 12.8. The molecule has 1 saturated heterocycles. The zero-order chi connectivity index (χ0) is 15.6. The Morgan fingerprint density at radius 2 is 1.90 bits per heavy atom. The molecule has 0 bridgehead atoms. The molecule has 1 aliphatic rings. The summed E-state index contributed by atoms with van der Waals surface area (Å²) in [5.74, 6) is -0.353. The van der Waals surface area contributed by atoms with E-state index in [-0.39, 0.29) is 17.6 Å². The fourth-order valence-electron chi connectivity index (χ4n) is 2.35. The summed E-state index contributed by atoms with van der Waals surface area (Å²) in [6.45, 7) is 1.01. The first kappa shape index (κ1) is 16.5. The van der Waals surface area contributed by atoms with Crippen molar-refractivity contribution in [3.05, 3.63) is 32.9 Å². The molecule has 1 aromatic carbocycles. The third-order valence-corrected chi connectivity index (χ3v) is 4.16. The number of halogens is 4. The van der Waals surface area contributed by atoms with Crippen LogP contribution in [-0.4, -0.2) is 37.1 Å². The van der Waals surface area contributed by atoms with E-state index in [0.717, 1.165) is 12.1 Å². The molecule has 0 saturated carbocycles. The standard InChI is InChI=1S/C14H15F3INO2/c1-21-12-2-4-19(5-3-12)13(20)9-6-10(14(15,16)17)8-11(18)7-9/h6-8,12H,2-5H2,1H3. The summed E-state index contributed by atoms with van der Waals surface area (Å²) in [5.41, 5.74) is -0.699. The Morgan fingerprint density at radius 1 is 1.29 bits per heavy atom. The van der Waals surface area contributed by atoms with Crippen LogP contribution in [-0.2, 0) is 10.9 Å². The van der Waals surface area contributed by atoms with Gasteiger partial charge in [0.2, 0.25) is 0 Å². The summed E-state index contributed by atoms with van der Waals surface area (Å²) >= 11 is 1.79. The first-order valence-electron chi connectivity index (χ1n) is 6.51. The minimum atomic E-state index is -4.45. The molecule has 0 spiro atoms. The summed E-state index contributed by atoms with van der Waals surface area (Å²) in [6.07, 6.45) is -2.91. The molecule has 116 valence electrons. The van der Waals surface area contributed by atoms with Gasteiger partial charge in [0.15, 0.2) is 0 Å². The van der Waals surface area contributed by atoms with E-state index in [2.05, 4.69) is 0 Å². The molecular weight excluding hydrogens is 398 g/mol. The van der Waals surface area contributed by atoms with Crippen molar-refractivity contribution in [2.75, 3.05) is 20.2 Å². The summed E-state index contributed by atoms with van der Waals surface area (Å²) in [4.78, 5) is 13.9. The number of piperidine rings is 1. The Balaban J connectivity index is 2.18. The molecule has 1 aromatic rings. The molecule has 2 rings (SSSR count). The molecule has 1 amide bonds. The third kappa shape index (κ3) is 4.09. The number of methoxy groups -OCH3 is 1. The van der Waals surface area contributed by atoms with E-state index < -0.39 is 11.7 Å². The van der Waals surface area contributed by atoms with Crippen LogP contribution in [0.2, 0.25) is 0 Å². The Hall–Kier alpha value is -0.830. The van der Waals surface area contributed by atoms with Crippen molar-refractivity contribution in [3.63, 3.8) is 0 Å². The van der Waals surface area contributed by atoms with Crippen LogP contribution in [0, 0.1) is 3.57 Å². The molecule has 0 N–H and O–H groups in total. The van der Waals surface area contributed by atoms with Crippen LogP contribution >= 0.6 is 22.6 Å². The van der Waals surface area contributed by atoms with Crippen molar-refractivity contribution in [3.8, 4) is 0 Å². The second kappa shape index (κ2) is 6.51. The molecule has 3 nitrogen and oxygen atoms in total. The second-order valence-corrected chi connectivity index (χ2v) is 6.20. The lowest BCUT2D eigenvalue weighted by atomic mass is 10.0. The smallest absolute Gasteiger partial charge is 0.381 e. The lowest BCUT2D eigenvalue weighted by Crippen LogP contribution is -2.40. The lowest BCUT2D eigenvalue weighted by molar-refractivity contribution is -0.137. The van der Waals surface area contributed by atoms with Gasteiger partial charge in [-0.1, -0.05) is 0 Å². The molecule has 0 unspecified atom stereocenters. The molecule has 0 aliphatic carbocycles. The monoisotopic (exact) mass is 413 g/mol. The van der Waals surface area contributed by atoms with Gasteiger partial charge in [-0.05, 0) is 53.6 Å². The van der Waals surface area contributed by atoms with E-state index in [0.29, 0.717) is 29.5 Å². The van der Waals surface area contributed by atoms with E-state index in [1.54, 1.807) is 34.6 Å². The van der Waals surface area contributed by atoms with Crippen molar-refractivity contribution >= 4 is 28.5 Å². The number of carbonyl (C=O) groups is 1. The highest BCUT2D eigenvalue weighted by atomic mass is 127. The number of likely N-dealkylation sites (tertiary alicyclic amines) is 1. The Bertz CT molecular complexity index is 525. The fraction of sp³-hybridized carbons (Fsp3) is 0.500. The topological polar surface area (TPSA) is 29.5 Å². The minimum Gasteiger partial charge on any atom is -0.381 e. The van der Waals surface area contributed by atoms with E-state index >= 15 is 0 Å². The highest BCUT2D eigenvalue weighted by Crippen LogP contribution is 2.31. The van der Waals surface area contributed by atoms with Crippen LogP contribution in [0.1, 0.15) is 28.8 Å². The molecule has 1 heterocycles. The Morgan fingerprint density at radius 3 is 2.43 bits per heavy atom. The minimum absolute atomic E-state index is 0.0880. The average molecular weight is 413 g/mol. The number of amides is 1. The van der Waals surface area contributed by atoms with Crippen molar-refractivity contribution in [1.29, 1.82) is 0 Å². The van der Waals surface area contributed by atoms with E-state index in [1.807, 2.05) is 0 Å². The van der Waals surface area contributed by atoms with Gasteiger partial charge in [0.1, 0.15) is 0 Å². The van der Waals surface area contributed by atoms with E-state index in [1.165, 1.54) is 6.07 Å². The highest BCUT2D eigenvalue weighted by Gasteiger charge is 2.32. The predicted octanol–water partition coefficient (Wildman–Crippen LogP) is 3.56. The van der Waals surface area contributed by atoms with Gasteiger partial charge in [0.05, 0.1) is 11.7 Å². The number of alkyl halides is 3. The predicted molar refractivity (Wildman–Crippen MR) is 80.1 cm³/mol.